The van der Waals surface area contributed by atoms with Gasteiger partial charge in [0.15, 0.2) is 0 Å². The highest BCUT2D eigenvalue weighted by atomic mass is 79.9. The zero-order chi connectivity index (χ0) is 22.4. The minimum Gasteiger partial charge on any atom is -0.487 e. The Kier molecular flexibility index (Phi) is 7.69. The van der Waals surface area contributed by atoms with Crippen molar-refractivity contribution >= 4 is 21.9 Å². The molecule has 0 aliphatic heterocycles. The summed E-state index contributed by atoms with van der Waals surface area (Å²) < 4.78 is 13.4. The summed E-state index contributed by atoms with van der Waals surface area (Å²) in [5, 5.41) is 0. The molecule has 0 spiro atoms. The molecule has 3 aromatic rings. The lowest BCUT2D eigenvalue weighted by Gasteiger charge is -2.17. The van der Waals surface area contributed by atoms with E-state index in [4.69, 9.17) is 9.47 Å². The number of aromatic nitrogens is 1. The maximum Gasteiger partial charge on any atom is 0.337 e. The standard InChI is InChI=1S/C25H26BrNO4/c1-4-18-6-5-7-21(15-18)31-16-23-22(26)14-17(2)24(28)27(23)13-12-19-8-10-20(11-9-19)25(29)30-3/h5-11,14-15H,4,12-13,16H2,1-3H3. The van der Waals surface area contributed by atoms with Crippen LogP contribution in [0.1, 0.15) is 39.7 Å². The highest BCUT2D eigenvalue weighted by Gasteiger charge is 2.13. The monoisotopic (exact) mass is 483 g/mol. The van der Waals surface area contributed by atoms with Crippen LogP contribution in [0.5, 0.6) is 5.75 Å². The minimum absolute atomic E-state index is 0.0321. The molecule has 6 heteroatoms. The van der Waals surface area contributed by atoms with Gasteiger partial charge in [0.1, 0.15) is 12.4 Å². The van der Waals surface area contributed by atoms with Crippen LogP contribution in [0.3, 0.4) is 0 Å². The van der Waals surface area contributed by atoms with Gasteiger partial charge < -0.3 is 14.0 Å². The normalized spacial score (nSPS) is 10.7. The van der Waals surface area contributed by atoms with Crippen LogP contribution in [0.2, 0.25) is 0 Å². The Morgan fingerprint density at radius 3 is 2.48 bits per heavy atom. The molecule has 0 atom stereocenters. The Balaban J connectivity index is 1.80. The quantitative estimate of drug-likeness (QED) is 0.418. The Hall–Kier alpha value is -2.86. The third-order valence-corrected chi connectivity index (χ3v) is 5.90. The number of hydrogen-bond acceptors (Lipinski definition) is 4. The first kappa shape index (κ1) is 22.8. The van der Waals surface area contributed by atoms with Crippen molar-refractivity contribution in [3.05, 3.63) is 97.4 Å². The fourth-order valence-electron chi connectivity index (χ4n) is 3.36. The van der Waals surface area contributed by atoms with Gasteiger partial charge in [0, 0.05) is 16.6 Å². The number of benzene rings is 2. The fraction of sp³-hybridized carbons (Fsp3) is 0.280. The van der Waals surface area contributed by atoms with Gasteiger partial charge in [0.05, 0.1) is 18.4 Å². The predicted octanol–water partition coefficient (Wildman–Crippen LogP) is 5.09. The summed E-state index contributed by atoms with van der Waals surface area (Å²) in [6.07, 6.45) is 1.58. The molecular weight excluding hydrogens is 458 g/mol. The lowest BCUT2D eigenvalue weighted by molar-refractivity contribution is 0.0600. The van der Waals surface area contributed by atoms with Gasteiger partial charge in [-0.15, -0.1) is 0 Å². The fourth-order valence-corrected chi connectivity index (χ4v) is 4.03. The Labute approximate surface area is 190 Å². The lowest BCUT2D eigenvalue weighted by Crippen LogP contribution is -2.27. The van der Waals surface area contributed by atoms with E-state index < -0.39 is 0 Å². The van der Waals surface area contributed by atoms with Crippen LogP contribution < -0.4 is 10.3 Å². The topological polar surface area (TPSA) is 57.5 Å². The molecule has 31 heavy (non-hydrogen) atoms. The number of rotatable bonds is 8. The first-order valence-corrected chi connectivity index (χ1v) is 11.0. The van der Waals surface area contributed by atoms with Crippen molar-refractivity contribution in [2.75, 3.05) is 7.11 Å². The predicted molar refractivity (Wildman–Crippen MR) is 125 cm³/mol. The Bertz CT molecular complexity index is 1120. The second-order valence-corrected chi connectivity index (χ2v) is 8.16. The summed E-state index contributed by atoms with van der Waals surface area (Å²) in [6.45, 7) is 4.70. The first-order chi connectivity index (χ1) is 14.9. The molecule has 1 heterocycles. The smallest absolute Gasteiger partial charge is 0.337 e. The second kappa shape index (κ2) is 10.4. The van der Waals surface area contributed by atoms with E-state index in [2.05, 4.69) is 28.9 Å². The molecule has 162 valence electrons. The average Bonchev–Trinajstić information content (AvgIpc) is 2.79. The van der Waals surface area contributed by atoms with Crippen molar-refractivity contribution in [3.63, 3.8) is 0 Å². The Morgan fingerprint density at radius 1 is 1.06 bits per heavy atom. The summed E-state index contributed by atoms with van der Waals surface area (Å²) in [6, 6.07) is 17.1. The second-order valence-electron chi connectivity index (χ2n) is 7.31. The van der Waals surface area contributed by atoms with Crippen molar-refractivity contribution in [1.82, 2.24) is 4.57 Å². The lowest BCUT2D eigenvalue weighted by atomic mass is 10.1. The summed E-state index contributed by atoms with van der Waals surface area (Å²) in [4.78, 5) is 24.5. The maximum atomic E-state index is 12.9. The van der Waals surface area contributed by atoms with Crippen LogP contribution in [0.4, 0.5) is 0 Å². The van der Waals surface area contributed by atoms with E-state index in [1.165, 1.54) is 12.7 Å². The van der Waals surface area contributed by atoms with Crippen molar-refractivity contribution in [2.24, 2.45) is 0 Å². The number of esters is 1. The number of hydrogen-bond donors (Lipinski definition) is 0. The van der Waals surface area contributed by atoms with Crippen LogP contribution in [0.15, 0.2) is 63.9 Å². The zero-order valence-corrected chi connectivity index (χ0v) is 19.6. The van der Waals surface area contributed by atoms with E-state index in [0.29, 0.717) is 24.1 Å². The van der Waals surface area contributed by atoms with Gasteiger partial charge in [-0.2, -0.15) is 0 Å². The number of halogens is 1. The third-order valence-electron chi connectivity index (χ3n) is 5.21. The number of nitrogens with zero attached hydrogens (tertiary/aromatic N) is 1. The number of pyridine rings is 1. The molecule has 5 nitrogen and oxygen atoms in total. The highest BCUT2D eigenvalue weighted by Crippen LogP contribution is 2.21. The van der Waals surface area contributed by atoms with E-state index in [-0.39, 0.29) is 18.1 Å². The summed E-state index contributed by atoms with van der Waals surface area (Å²) in [5.74, 6) is 0.418. The average molecular weight is 484 g/mol. The van der Waals surface area contributed by atoms with Crippen molar-refractivity contribution in [3.8, 4) is 5.75 Å². The molecule has 0 saturated carbocycles. The molecule has 3 rings (SSSR count). The van der Waals surface area contributed by atoms with E-state index >= 15 is 0 Å². The largest absolute Gasteiger partial charge is 0.487 e. The molecule has 2 aromatic carbocycles. The molecule has 0 amide bonds. The third kappa shape index (κ3) is 5.64. The van der Waals surface area contributed by atoms with Crippen LogP contribution in [-0.2, 0) is 30.7 Å². The SMILES string of the molecule is CCc1cccc(OCc2c(Br)cc(C)c(=O)n2CCc2ccc(C(=O)OC)cc2)c1. The molecular formula is C25H26BrNO4. The molecule has 0 N–H and O–H groups in total. The van der Waals surface area contributed by atoms with Crippen LogP contribution in [-0.4, -0.2) is 17.6 Å². The van der Waals surface area contributed by atoms with Crippen LogP contribution >= 0.6 is 15.9 Å². The van der Waals surface area contributed by atoms with Gasteiger partial charge in [-0.05, 0) is 77.2 Å². The number of carbonyl (C=O) groups excluding carboxylic acids is 1. The Morgan fingerprint density at radius 2 is 1.81 bits per heavy atom. The van der Waals surface area contributed by atoms with Crippen molar-refractivity contribution in [2.45, 2.75) is 39.8 Å². The van der Waals surface area contributed by atoms with Gasteiger partial charge in [0.25, 0.3) is 5.56 Å². The van der Waals surface area contributed by atoms with Gasteiger partial charge in [0.2, 0.25) is 0 Å². The summed E-state index contributed by atoms with van der Waals surface area (Å²) in [7, 11) is 1.36. The minimum atomic E-state index is -0.364. The highest BCUT2D eigenvalue weighted by molar-refractivity contribution is 9.10. The van der Waals surface area contributed by atoms with E-state index in [9.17, 15) is 9.59 Å². The van der Waals surface area contributed by atoms with E-state index in [1.807, 2.05) is 43.3 Å². The first-order valence-electron chi connectivity index (χ1n) is 10.2. The molecule has 0 unspecified atom stereocenters. The molecule has 0 saturated heterocycles. The zero-order valence-electron chi connectivity index (χ0n) is 18.0. The van der Waals surface area contributed by atoms with Gasteiger partial charge >= 0.3 is 5.97 Å². The van der Waals surface area contributed by atoms with Gasteiger partial charge in [-0.3, -0.25) is 4.79 Å². The molecule has 1 aromatic heterocycles. The number of aryl methyl sites for hydroxylation is 3. The van der Waals surface area contributed by atoms with Crippen molar-refractivity contribution < 1.29 is 14.3 Å². The van der Waals surface area contributed by atoms with Gasteiger partial charge in [-0.25, -0.2) is 4.79 Å². The number of carbonyl (C=O) groups is 1. The number of methoxy groups -OCH3 is 1. The van der Waals surface area contributed by atoms with E-state index in [1.54, 1.807) is 16.7 Å². The summed E-state index contributed by atoms with van der Waals surface area (Å²) in [5.41, 5.74) is 4.17. The molecule has 0 bridgehead atoms. The van der Waals surface area contributed by atoms with E-state index in [0.717, 1.165) is 27.9 Å². The van der Waals surface area contributed by atoms with Gasteiger partial charge in [-0.1, -0.05) is 31.2 Å². The molecule has 0 aliphatic rings. The van der Waals surface area contributed by atoms with Crippen LogP contribution in [0.25, 0.3) is 0 Å². The molecule has 0 fully saturated rings. The molecule has 0 radical (unpaired) electrons. The number of ether oxygens (including phenoxy) is 2. The van der Waals surface area contributed by atoms with Crippen molar-refractivity contribution in [1.29, 1.82) is 0 Å². The summed E-state index contributed by atoms with van der Waals surface area (Å²) >= 11 is 3.60. The maximum absolute atomic E-state index is 12.9. The molecule has 0 aliphatic carbocycles. The van der Waals surface area contributed by atoms with Crippen LogP contribution in [0, 0.1) is 6.92 Å².